The van der Waals surface area contributed by atoms with E-state index in [0.29, 0.717) is 6.54 Å². The van der Waals surface area contributed by atoms with E-state index in [1.807, 2.05) is 42.2 Å². The number of hydrogen-bond donors (Lipinski definition) is 0. The van der Waals surface area contributed by atoms with Crippen molar-refractivity contribution < 1.29 is 9.53 Å². The minimum Gasteiger partial charge on any atom is -0.363 e. The van der Waals surface area contributed by atoms with E-state index >= 15 is 0 Å². The van der Waals surface area contributed by atoms with Gasteiger partial charge in [0.15, 0.2) is 0 Å². The van der Waals surface area contributed by atoms with Gasteiger partial charge in [0, 0.05) is 29.9 Å². The van der Waals surface area contributed by atoms with Gasteiger partial charge in [-0.15, -0.1) is 11.3 Å². The first-order valence-corrected chi connectivity index (χ1v) is 9.64. The first-order valence-electron chi connectivity index (χ1n) is 8.76. The van der Waals surface area contributed by atoms with Crippen molar-refractivity contribution in [3.63, 3.8) is 0 Å². The molecular weight excluding hydrogens is 334 g/mol. The number of piperidine rings is 1. The van der Waals surface area contributed by atoms with E-state index in [4.69, 9.17) is 4.74 Å². The van der Waals surface area contributed by atoms with Crippen molar-refractivity contribution in [1.82, 2.24) is 9.88 Å². The fourth-order valence-corrected chi connectivity index (χ4v) is 4.46. The predicted molar refractivity (Wildman–Crippen MR) is 98.8 cm³/mol. The second-order valence-electron chi connectivity index (χ2n) is 6.95. The molecule has 2 aromatic rings. The fraction of sp³-hybridized carbons (Fsp3) is 0.474. The van der Waals surface area contributed by atoms with Crippen LogP contribution < -0.4 is 4.90 Å². The third-order valence-electron chi connectivity index (χ3n) is 5.11. The van der Waals surface area contributed by atoms with E-state index in [1.54, 1.807) is 11.3 Å². The summed E-state index contributed by atoms with van der Waals surface area (Å²) in [5.74, 6) is 0.0533. The molecule has 6 heteroatoms. The average Bonchev–Trinajstić information content (AvgIpc) is 3.05. The van der Waals surface area contributed by atoms with Crippen LogP contribution in [0.2, 0.25) is 0 Å². The Hall–Kier alpha value is -1.76. The number of para-hydroxylation sites is 1. The van der Waals surface area contributed by atoms with E-state index < -0.39 is 0 Å². The second kappa shape index (κ2) is 6.86. The number of morpholine rings is 1. The molecule has 0 bridgehead atoms. The first kappa shape index (κ1) is 16.7. The maximum atomic E-state index is 12.3. The number of aryl methyl sites for hydroxylation is 1. The van der Waals surface area contributed by atoms with Gasteiger partial charge in [-0.25, -0.2) is 4.98 Å². The van der Waals surface area contributed by atoms with Crippen LogP contribution in [0.25, 0.3) is 0 Å². The molecule has 3 heterocycles. The molecule has 2 fully saturated rings. The van der Waals surface area contributed by atoms with E-state index in [2.05, 4.69) is 15.3 Å². The molecule has 0 saturated carbocycles. The normalized spacial score (nSPS) is 21.0. The van der Waals surface area contributed by atoms with Gasteiger partial charge < -0.3 is 9.64 Å². The van der Waals surface area contributed by atoms with Crippen molar-refractivity contribution in [2.75, 3.05) is 31.1 Å². The summed E-state index contributed by atoms with van der Waals surface area (Å²) < 4.78 is 6.04. The summed E-state index contributed by atoms with van der Waals surface area (Å²) in [6.07, 6.45) is 1.90. The van der Waals surface area contributed by atoms with Crippen molar-refractivity contribution >= 4 is 22.9 Å². The SMILES string of the molecule is Cc1csc(CN2CCC3(CC2)CN(c2ccccc2)C(=O)CO3)n1. The van der Waals surface area contributed by atoms with Gasteiger partial charge in [-0.3, -0.25) is 9.69 Å². The molecule has 25 heavy (non-hydrogen) atoms. The standard InChI is InChI=1S/C19H23N3O2S/c1-15-13-25-17(20-15)11-21-9-7-19(8-10-21)14-22(18(23)12-24-19)16-5-3-2-4-6-16/h2-6,13H,7-12,14H2,1H3. The Labute approximate surface area is 152 Å². The number of aromatic nitrogens is 1. The molecule has 0 atom stereocenters. The average molecular weight is 357 g/mol. The highest BCUT2D eigenvalue weighted by Gasteiger charge is 2.42. The van der Waals surface area contributed by atoms with Crippen LogP contribution in [0.5, 0.6) is 0 Å². The van der Waals surface area contributed by atoms with Gasteiger partial charge in [0.1, 0.15) is 11.6 Å². The van der Waals surface area contributed by atoms with Crippen molar-refractivity contribution in [1.29, 1.82) is 0 Å². The lowest BCUT2D eigenvalue weighted by Gasteiger charge is -2.46. The molecule has 0 radical (unpaired) electrons. The van der Waals surface area contributed by atoms with Gasteiger partial charge in [0.2, 0.25) is 0 Å². The van der Waals surface area contributed by atoms with Crippen LogP contribution in [0.4, 0.5) is 5.69 Å². The molecule has 5 nitrogen and oxygen atoms in total. The van der Waals surface area contributed by atoms with E-state index in [1.165, 1.54) is 5.01 Å². The number of benzene rings is 1. The molecule has 0 aliphatic carbocycles. The number of carbonyl (C=O) groups excluding carboxylic acids is 1. The van der Waals surface area contributed by atoms with Gasteiger partial charge in [-0.1, -0.05) is 18.2 Å². The van der Waals surface area contributed by atoms with Gasteiger partial charge >= 0.3 is 0 Å². The van der Waals surface area contributed by atoms with Crippen molar-refractivity contribution in [2.45, 2.75) is 31.9 Å². The zero-order valence-corrected chi connectivity index (χ0v) is 15.3. The largest absolute Gasteiger partial charge is 0.363 e. The molecule has 2 aliphatic heterocycles. The molecule has 0 N–H and O–H groups in total. The Morgan fingerprint density at radius 2 is 2.00 bits per heavy atom. The maximum absolute atomic E-state index is 12.3. The predicted octanol–water partition coefficient (Wildman–Crippen LogP) is 2.85. The van der Waals surface area contributed by atoms with Crippen LogP contribution >= 0.6 is 11.3 Å². The van der Waals surface area contributed by atoms with Crippen LogP contribution in [0.3, 0.4) is 0 Å². The number of thiazole rings is 1. The van der Waals surface area contributed by atoms with Crippen LogP contribution in [-0.4, -0.2) is 47.6 Å². The third kappa shape index (κ3) is 3.61. The fourth-order valence-electron chi connectivity index (χ4n) is 3.65. The topological polar surface area (TPSA) is 45.7 Å². The zero-order chi connectivity index (χ0) is 17.3. The van der Waals surface area contributed by atoms with Crippen LogP contribution in [0.15, 0.2) is 35.7 Å². The molecule has 1 amide bonds. The van der Waals surface area contributed by atoms with Gasteiger partial charge in [-0.2, -0.15) is 0 Å². The Morgan fingerprint density at radius 3 is 2.68 bits per heavy atom. The highest BCUT2D eigenvalue weighted by Crippen LogP contribution is 2.33. The van der Waals surface area contributed by atoms with Crippen LogP contribution in [0, 0.1) is 6.92 Å². The number of carbonyl (C=O) groups is 1. The van der Waals surface area contributed by atoms with Gasteiger partial charge in [-0.05, 0) is 31.9 Å². The molecule has 4 rings (SSSR count). The van der Waals surface area contributed by atoms with Crippen LogP contribution in [-0.2, 0) is 16.1 Å². The highest BCUT2D eigenvalue weighted by molar-refractivity contribution is 7.09. The number of anilines is 1. The van der Waals surface area contributed by atoms with E-state index in [-0.39, 0.29) is 18.1 Å². The summed E-state index contributed by atoms with van der Waals surface area (Å²) >= 11 is 1.73. The number of nitrogens with zero attached hydrogens (tertiary/aromatic N) is 3. The lowest BCUT2D eigenvalue weighted by Crippen LogP contribution is -2.58. The molecular formula is C19H23N3O2S. The second-order valence-corrected chi connectivity index (χ2v) is 7.89. The number of amides is 1. The zero-order valence-electron chi connectivity index (χ0n) is 14.5. The summed E-state index contributed by atoms with van der Waals surface area (Å²) in [4.78, 5) is 21.2. The summed E-state index contributed by atoms with van der Waals surface area (Å²) in [5, 5.41) is 3.29. The Bertz CT molecular complexity index is 738. The monoisotopic (exact) mass is 357 g/mol. The van der Waals surface area contributed by atoms with Gasteiger partial charge in [0.05, 0.1) is 18.7 Å². The molecule has 1 aromatic carbocycles. The molecule has 1 aromatic heterocycles. The number of rotatable bonds is 3. The van der Waals surface area contributed by atoms with E-state index in [0.717, 1.165) is 43.9 Å². The Morgan fingerprint density at radius 1 is 1.24 bits per heavy atom. The smallest absolute Gasteiger partial charge is 0.253 e. The lowest BCUT2D eigenvalue weighted by atomic mass is 9.89. The summed E-state index contributed by atoms with van der Waals surface area (Å²) in [6.45, 7) is 5.75. The number of likely N-dealkylation sites (tertiary alicyclic amines) is 1. The summed E-state index contributed by atoms with van der Waals surface area (Å²) in [5.41, 5.74) is 1.86. The number of ether oxygens (including phenoxy) is 1. The molecule has 2 saturated heterocycles. The van der Waals surface area contributed by atoms with Crippen molar-refractivity contribution in [2.24, 2.45) is 0 Å². The Kier molecular flexibility index (Phi) is 4.58. The quantitative estimate of drug-likeness (QED) is 0.847. The lowest BCUT2D eigenvalue weighted by molar-refractivity contribution is -0.144. The third-order valence-corrected chi connectivity index (χ3v) is 6.06. The van der Waals surface area contributed by atoms with Crippen LogP contribution in [0.1, 0.15) is 23.5 Å². The van der Waals surface area contributed by atoms with Gasteiger partial charge in [0.25, 0.3) is 5.91 Å². The molecule has 132 valence electrons. The Balaban J connectivity index is 1.41. The summed E-state index contributed by atoms with van der Waals surface area (Å²) in [6, 6.07) is 9.92. The first-order chi connectivity index (χ1) is 12.1. The minimum atomic E-state index is -0.209. The maximum Gasteiger partial charge on any atom is 0.253 e. The summed E-state index contributed by atoms with van der Waals surface area (Å²) in [7, 11) is 0. The molecule has 1 spiro atoms. The van der Waals surface area contributed by atoms with E-state index in [9.17, 15) is 4.79 Å². The highest BCUT2D eigenvalue weighted by atomic mass is 32.1. The molecule has 2 aliphatic rings. The number of hydrogen-bond acceptors (Lipinski definition) is 5. The minimum absolute atomic E-state index is 0.0533. The van der Waals surface area contributed by atoms with Crippen molar-refractivity contribution in [3.05, 3.63) is 46.4 Å². The molecule has 0 unspecified atom stereocenters. The van der Waals surface area contributed by atoms with Crippen molar-refractivity contribution in [3.8, 4) is 0 Å².